The molecule has 0 bridgehead atoms. The van der Waals surface area contributed by atoms with E-state index < -0.39 is 11.6 Å². The number of nitrogens with one attached hydrogen (secondary N) is 1. The van der Waals surface area contributed by atoms with Crippen molar-refractivity contribution in [3.05, 3.63) is 65.2 Å². The van der Waals surface area contributed by atoms with E-state index in [1.165, 1.54) is 30.6 Å². The van der Waals surface area contributed by atoms with Crippen molar-refractivity contribution in [1.29, 1.82) is 5.26 Å². The largest absolute Gasteiger partial charge is 0.345 e. The Hall–Kier alpha value is -3.00. The van der Waals surface area contributed by atoms with Crippen molar-refractivity contribution < 1.29 is 9.18 Å². The average Bonchev–Trinajstić information content (AvgIpc) is 2.89. The third-order valence-electron chi connectivity index (χ3n) is 3.02. The number of hydrogen-bond donors (Lipinski definition) is 1. The summed E-state index contributed by atoms with van der Waals surface area (Å²) in [5.41, 5.74) is 1.13. The van der Waals surface area contributed by atoms with E-state index in [9.17, 15) is 9.18 Å². The normalized spacial score (nSPS) is 10.4. The zero-order chi connectivity index (χ0) is 14.1. The van der Waals surface area contributed by atoms with Gasteiger partial charge in [-0.2, -0.15) is 5.26 Å². The van der Waals surface area contributed by atoms with Crippen LogP contribution in [-0.2, 0) is 0 Å². The van der Waals surface area contributed by atoms with Crippen molar-refractivity contribution in [2.24, 2.45) is 0 Å². The molecule has 0 aliphatic carbocycles. The Morgan fingerprint density at radius 1 is 1.30 bits per heavy atom. The van der Waals surface area contributed by atoms with Crippen molar-refractivity contribution in [2.75, 3.05) is 0 Å². The van der Waals surface area contributed by atoms with Crippen molar-refractivity contribution in [3.8, 4) is 6.07 Å². The predicted octanol–water partition coefficient (Wildman–Crippen LogP) is 2.80. The Labute approximate surface area is 113 Å². The number of hydrogen-bond acceptors (Lipinski definition) is 3. The first kappa shape index (κ1) is 12.1. The van der Waals surface area contributed by atoms with Crippen LogP contribution in [0.1, 0.15) is 21.5 Å². The fraction of sp³-hybridized carbons (Fsp3) is 0. The van der Waals surface area contributed by atoms with E-state index in [1.54, 1.807) is 12.1 Å². The van der Waals surface area contributed by atoms with Crippen molar-refractivity contribution in [2.45, 2.75) is 0 Å². The smallest absolute Gasteiger partial charge is 0.198 e. The minimum absolute atomic E-state index is 0.00393. The van der Waals surface area contributed by atoms with Crippen molar-refractivity contribution in [3.63, 3.8) is 0 Å². The van der Waals surface area contributed by atoms with E-state index in [0.29, 0.717) is 22.2 Å². The van der Waals surface area contributed by atoms with E-state index in [0.717, 1.165) is 0 Å². The van der Waals surface area contributed by atoms with Gasteiger partial charge in [0.15, 0.2) is 5.78 Å². The monoisotopic (exact) mass is 265 g/mol. The quantitative estimate of drug-likeness (QED) is 0.724. The lowest BCUT2D eigenvalue weighted by molar-refractivity contribution is 0.103. The fourth-order valence-corrected chi connectivity index (χ4v) is 2.04. The number of nitrogens with zero attached hydrogens (tertiary/aromatic N) is 2. The number of aromatic amines is 1. The molecular weight excluding hydrogens is 257 g/mol. The maximum atomic E-state index is 13.7. The number of H-pyrrole nitrogens is 1. The summed E-state index contributed by atoms with van der Waals surface area (Å²) in [5.74, 6) is -1.01. The number of nitriles is 1. The van der Waals surface area contributed by atoms with Crippen LogP contribution in [0.5, 0.6) is 0 Å². The second kappa shape index (κ2) is 4.59. The molecule has 0 fully saturated rings. The Balaban J connectivity index is 2.18. The summed E-state index contributed by atoms with van der Waals surface area (Å²) in [7, 11) is 0. The highest BCUT2D eigenvalue weighted by Crippen LogP contribution is 2.21. The van der Waals surface area contributed by atoms with Crippen LogP contribution in [0.2, 0.25) is 0 Å². The van der Waals surface area contributed by atoms with Crippen LogP contribution in [0.3, 0.4) is 0 Å². The zero-order valence-electron chi connectivity index (χ0n) is 10.2. The second-order valence-electron chi connectivity index (χ2n) is 4.24. The number of halogens is 1. The summed E-state index contributed by atoms with van der Waals surface area (Å²) in [5, 5.41) is 9.39. The van der Waals surface area contributed by atoms with Gasteiger partial charge in [0, 0.05) is 23.3 Å². The topological polar surface area (TPSA) is 69.5 Å². The van der Waals surface area contributed by atoms with Crippen LogP contribution < -0.4 is 0 Å². The van der Waals surface area contributed by atoms with Gasteiger partial charge in [-0.3, -0.25) is 4.79 Å². The summed E-state index contributed by atoms with van der Waals surface area (Å²) >= 11 is 0. The molecule has 96 valence electrons. The maximum Gasteiger partial charge on any atom is 0.198 e. The molecule has 0 radical (unpaired) electrons. The highest BCUT2D eigenvalue weighted by atomic mass is 19.1. The molecule has 0 saturated heterocycles. The minimum Gasteiger partial charge on any atom is -0.345 e. The minimum atomic E-state index is -0.573. The number of carbonyl (C=O) groups is 1. The van der Waals surface area contributed by atoms with Gasteiger partial charge >= 0.3 is 0 Å². The lowest BCUT2D eigenvalue weighted by Gasteiger charge is -2.01. The molecule has 2 heterocycles. The van der Waals surface area contributed by atoms with Gasteiger partial charge in [-0.15, -0.1) is 0 Å². The molecule has 3 aromatic rings. The molecule has 1 aromatic carbocycles. The van der Waals surface area contributed by atoms with Crippen LogP contribution in [0.4, 0.5) is 4.39 Å². The molecule has 0 aliphatic rings. The molecule has 2 aromatic heterocycles. The molecule has 20 heavy (non-hydrogen) atoms. The zero-order valence-corrected chi connectivity index (χ0v) is 10.2. The summed E-state index contributed by atoms with van der Waals surface area (Å²) in [6, 6.07) is 9.32. The maximum absolute atomic E-state index is 13.7. The number of rotatable bonds is 2. The van der Waals surface area contributed by atoms with Gasteiger partial charge in [0.25, 0.3) is 0 Å². The standard InChI is InChI=1S/C15H8FN3O/c16-13-4-2-1-3-10(13)14(20)12-8-19-15-11(12)5-9(6-17)7-18-15/h1-5,7-8H,(H,18,19). The molecule has 0 spiro atoms. The van der Waals surface area contributed by atoms with Gasteiger partial charge in [0.05, 0.1) is 11.1 Å². The number of fused-ring (bicyclic) bond motifs is 1. The van der Waals surface area contributed by atoms with Crippen molar-refractivity contribution in [1.82, 2.24) is 9.97 Å². The molecule has 0 saturated carbocycles. The van der Waals surface area contributed by atoms with Gasteiger partial charge in [0.1, 0.15) is 17.5 Å². The molecule has 0 amide bonds. The van der Waals surface area contributed by atoms with E-state index in [2.05, 4.69) is 9.97 Å². The van der Waals surface area contributed by atoms with Crippen molar-refractivity contribution >= 4 is 16.8 Å². The molecule has 0 unspecified atom stereocenters. The van der Waals surface area contributed by atoms with Gasteiger partial charge in [0.2, 0.25) is 0 Å². The number of benzene rings is 1. The summed E-state index contributed by atoms with van der Waals surface area (Å²) in [6.45, 7) is 0. The van der Waals surface area contributed by atoms with E-state index >= 15 is 0 Å². The predicted molar refractivity (Wildman–Crippen MR) is 70.6 cm³/mol. The van der Waals surface area contributed by atoms with E-state index in [1.807, 2.05) is 6.07 Å². The van der Waals surface area contributed by atoms with E-state index in [-0.39, 0.29) is 5.56 Å². The summed E-state index contributed by atoms with van der Waals surface area (Å²) in [4.78, 5) is 19.3. The van der Waals surface area contributed by atoms with Gasteiger partial charge < -0.3 is 4.98 Å². The van der Waals surface area contributed by atoms with E-state index in [4.69, 9.17) is 5.26 Å². The molecule has 0 aliphatic heterocycles. The van der Waals surface area contributed by atoms with Gasteiger partial charge in [-0.1, -0.05) is 12.1 Å². The van der Waals surface area contributed by atoms with Crippen LogP contribution >= 0.6 is 0 Å². The third-order valence-corrected chi connectivity index (χ3v) is 3.02. The molecule has 5 heteroatoms. The first-order valence-corrected chi connectivity index (χ1v) is 5.87. The molecule has 1 N–H and O–H groups in total. The summed E-state index contributed by atoms with van der Waals surface area (Å²) < 4.78 is 13.7. The SMILES string of the molecule is N#Cc1cnc2[nH]cc(C(=O)c3ccccc3F)c2c1. The Bertz CT molecular complexity index is 861. The average molecular weight is 265 g/mol. The molecule has 0 atom stereocenters. The summed E-state index contributed by atoms with van der Waals surface area (Å²) in [6.07, 6.45) is 2.89. The lowest BCUT2D eigenvalue weighted by atomic mass is 10.0. The number of aromatic nitrogens is 2. The highest BCUT2D eigenvalue weighted by molar-refractivity contribution is 6.16. The highest BCUT2D eigenvalue weighted by Gasteiger charge is 2.18. The molecule has 3 rings (SSSR count). The first-order valence-electron chi connectivity index (χ1n) is 5.87. The van der Waals surface area contributed by atoms with Crippen LogP contribution in [-0.4, -0.2) is 15.8 Å². The Kier molecular flexibility index (Phi) is 2.77. The third kappa shape index (κ3) is 1.84. The lowest BCUT2D eigenvalue weighted by Crippen LogP contribution is -2.03. The van der Waals surface area contributed by atoms with Gasteiger partial charge in [-0.05, 0) is 18.2 Å². The fourth-order valence-electron chi connectivity index (χ4n) is 2.04. The van der Waals surface area contributed by atoms with Gasteiger partial charge in [-0.25, -0.2) is 9.37 Å². The Morgan fingerprint density at radius 2 is 2.10 bits per heavy atom. The molecule has 4 nitrogen and oxygen atoms in total. The first-order chi connectivity index (χ1) is 9.70. The number of carbonyl (C=O) groups excluding carboxylic acids is 1. The number of ketones is 1. The second-order valence-corrected chi connectivity index (χ2v) is 4.24. The van der Waals surface area contributed by atoms with Crippen LogP contribution in [0.15, 0.2) is 42.7 Å². The Morgan fingerprint density at radius 3 is 2.85 bits per heavy atom. The molecular formula is C15H8FN3O. The number of pyridine rings is 1. The van der Waals surface area contributed by atoms with Crippen LogP contribution in [0, 0.1) is 17.1 Å². The van der Waals surface area contributed by atoms with Crippen LogP contribution in [0.25, 0.3) is 11.0 Å².